The highest BCUT2D eigenvalue weighted by Crippen LogP contribution is 2.66. The fraction of sp³-hybridized carbons (Fsp3) is 0.389. The topological polar surface area (TPSA) is 305 Å². The van der Waals surface area contributed by atoms with Crippen LogP contribution in [0.4, 0.5) is 11.5 Å². The van der Waals surface area contributed by atoms with E-state index >= 15 is 0 Å². The number of phosphoric acid groups is 3. The zero-order valence-electron chi connectivity index (χ0n) is 20.6. The van der Waals surface area contributed by atoms with Crippen LogP contribution in [0.5, 0.6) is 0 Å². The lowest BCUT2D eigenvalue weighted by Crippen LogP contribution is -2.33. The number of thioether (sulfide) groups is 1. The molecule has 6 atom stereocenters. The van der Waals surface area contributed by atoms with E-state index in [-0.39, 0.29) is 17.0 Å². The second-order valence-electron chi connectivity index (χ2n) is 8.49. The summed E-state index contributed by atoms with van der Waals surface area (Å²) in [6, 6.07) is 7.37. The first-order valence-electron chi connectivity index (χ1n) is 11.3. The van der Waals surface area contributed by atoms with E-state index in [0.29, 0.717) is 23.0 Å². The molecule has 0 spiro atoms. The van der Waals surface area contributed by atoms with E-state index in [2.05, 4.69) is 28.1 Å². The smallest absolute Gasteiger partial charge is 0.399 e. The van der Waals surface area contributed by atoms with Gasteiger partial charge in [-0.25, -0.2) is 28.6 Å². The molecule has 10 N–H and O–H groups in total. The molecule has 0 saturated carbocycles. The Morgan fingerprint density at radius 1 is 0.976 bits per heavy atom. The Labute approximate surface area is 234 Å². The highest BCUT2D eigenvalue weighted by Gasteiger charge is 2.47. The molecule has 3 aromatic rings. The van der Waals surface area contributed by atoms with Crippen LogP contribution < -0.4 is 11.5 Å². The van der Waals surface area contributed by atoms with E-state index < -0.39 is 54.6 Å². The number of fused-ring (bicyclic) bond motifs is 1. The van der Waals surface area contributed by atoms with Gasteiger partial charge in [0.1, 0.15) is 23.8 Å². The number of phosphoric ester groups is 1. The van der Waals surface area contributed by atoms with Crippen molar-refractivity contribution in [2.75, 3.05) is 23.8 Å². The van der Waals surface area contributed by atoms with Crippen LogP contribution in [0.2, 0.25) is 0 Å². The van der Waals surface area contributed by atoms with Crippen LogP contribution in [-0.2, 0) is 38.0 Å². The van der Waals surface area contributed by atoms with Gasteiger partial charge in [-0.2, -0.15) is 8.62 Å². The summed E-state index contributed by atoms with van der Waals surface area (Å²) in [6.07, 6.45) is -4.28. The number of aryl methyl sites for hydroxylation is 1. The molecule has 1 fully saturated rings. The Bertz CT molecular complexity index is 1540. The molecule has 2 unspecified atom stereocenters. The monoisotopic (exact) mass is 658 g/mol. The number of hydrogen-bond acceptors (Lipinski definition) is 15. The number of benzene rings is 1. The molecule has 1 aliphatic rings. The van der Waals surface area contributed by atoms with Crippen LogP contribution in [0, 0.1) is 0 Å². The van der Waals surface area contributed by atoms with Gasteiger partial charge in [-0.05, 0) is 24.1 Å². The van der Waals surface area contributed by atoms with Gasteiger partial charge in [-0.15, -0.1) is 0 Å². The highest BCUT2D eigenvalue weighted by atomic mass is 32.2. The third-order valence-corrected chi connectivity index (χ3v) is 10.1. The molecule has 0 aliphatic carbocycles. The molecule has 1 aromatic carbocycles. The zero-order valence-corrected chi connectivity index (χ0v) is 24.1. The van der Waals surface area contributed by atoms with E-state index in [4.69, 9.17) is 26.0 Å². The average Bonchev–Trinajstić information content (AvgIpc) is 3.38. The van der Waals surface area contributed by atoms with Gasteiger partial charge in [-0.1, -0.05) is 23.9 Å². The maximum Gasteiger partial charge on any atom is 0.490 e. The Balaban J connectivity index is 1.44. The van der Waals surface area contributed by atoms with Crippen LogP contribution in [-0.4, -0.2) is 80.0 Å². The van der Waals surface area contributed by atoms with E-state index in [1.807, 2.05) is 12.1 Å². The molecule has 1 aliphatic heterocycles. The van der Waals surface area contributed by atoms with Crippen molar-refractivity contribution in [3.8, 4) is 0 Å². The predicted molar refractivity (Wildman–Crippen MR) is 141 cm³/mol. The molecule has 4 rings (SSSR count). The molecule has 1 saturated heterocycles. The number of aliphatic hydroxyl groups is 2. The first-order valence-corrected chi connectivity index (χ1v) is 16.8. The molecule has 3 heterocycles. The number of nitrogens with zero attached hydrogens (tertiary/aromatic N) is 4. The maximum absolute atomic E-state index is 12.0. The van der Waals surface area contributed by atoms with Crippen LogP contribution >= 0.6 is 35.2 Å². The number of rotatable bonds is 12. The minimum absolute atomic E-state index is 0.0426. The van der Waals surface area contributed by atoms with Gasteiger partial charge in [0, 0.05) is 11.4 Å². The van der Waals surface area contributed by atoms with Crippen molar-refractivity contribution in [1.29, 1.82) is 0 Å². The summed E-state index contributed by atoms with van der Waals surface area (Å²) < 4.78 is 52.8. The summed E-state index contributed by atoms with van der Waals surface area (Å²) in [4.78, 5) is 48.9. The van der Waals surface area contributed by atoms with E-state index in [1.54, 1.807) is 12.1 Å². The summed E-state index contributed by atoms with van der Waals surface area (Å²) in [6.45, 7) is -0.978. The van der Waals surface area contributed by atoms with Gasteiger partial charge in [0.25, 0.3) is 0 Å². The molecular formula is C18H25N6O13P3S. The number of nitrogen functional groups attached to an aromatic ring is 2. The third kappa shape index (κ3) is 8.31. The van der Waals surface area contributed by atoms with Gasteiger partial charge in [0.15, 0.2) is 22.8 Å². The third-order valence-electron chi connectivity index (χ3n) is 5.46. The van der Waals surface area contributed by atoms with Crippen molar-refractivity contribution in [3.05, 3.63) is 36.2 Å². The van der Waals surface area contributed by atoms with E-state index in [0.717, 1.165) is 5.56 Å². The number of nitrogens with two attached hydrogens (primary N) is 2. The Kier molecular flexibility index (Phi) is 9.60. The predicted octanol–water partition coefficient (Wildman–Crippen LogP) is 0.288. The zero-order chi connectivity index (χ0) is 30.2. The number of aromatic nitrogens is 4. The van der Waals surface area contributed by atoms with Crippen LogP contribution in [0.1, 0.15) is 11.8 Å². The van der Waals surface area contributed by atoms with Gasteiger partial charge in [0.05, 0.1) is 12.9 Å². The minimum Gasteiger partial charge on any atom is -0.399 e. The number of imidazole rings is 1. The average molecular weight is 658 g/mol. The SMILES string of the molecule is Nc1ccc(CCSc2nc(N)c3ncn([C@@H]4O[C@H](COP(=O)(O)OP(=O)(O)OP(=O)(O)O)[C@@H](O)[C@H]4O)c3n2)cc1. The summed E-state index contributed by atoms with van der Waals surface area (Å²) in [5.41, 5.74) is 13.8. The maximum atomic E-state index is 12.0. The number of hydrogen-bond donors (Lipinski definition) is 8. The molecular weight excluding hydrogens is 633 g/mol. The van der Waals surface area contributed by atoms with Crippen LogP contribution in [0.3, 0.4) is 0 Å². The van der Waals surface area contributed by atoms with Crippen molar-refractivity contribution in [2.45, 2.75) is 36.1 Å². The van der Waals surface area contributed by atoms with Crippen molar-refractivity contribution in [2.24, 2.45) is 0 Å². The van der Waals surface area contributed by atoms with Gasteiger partial charge >= 0.3 is 23.5 Å². The van der Waals surface area contributed by atoms with E-state index in [9.17, 15) is 33.7 Å². The highest BCUT2D eigenvalue weighted by molar-refractivity contribution is 7.99. The fourth-order valence-corrected chi connectivity index (χ4v) is 7.54. The largest absolute Gasteiger partial charge is 0.490 e. The second-order valence-corrected chi connectivity index (χ2v) is 14.0. The molecule has 0 bridgehead atoms. The first-order chi connectivity index (χ1) is 19.0. The molecule has 23 heteroatoms. The summed E-state index contributed by atoms with van der Waals surface area (Å²) in [5, 5.41) is 21.3. The van der Waals surface area contributed by atoms with Gasteiger partial charge in [0.2, 0.25) is 0 Å². The fourth-order valence-electron chi connectivity index (χ4n) is 3.68. The molecule has 0 radical (unpaired) electrons. The number of ether oxygens (including phenoxy) is 1. The standard InChI is InChI=1S/C18H25N6O13P3S/c19-10-3-1-9(2-4-10)5-6-41-18-22-15(20)12-16(23-18)24(8-21-12)17-14(26)13(25)11(35-17)7-34-39(30,31)37-40(32,33)36-38(27,28)29/h1-4,8,11,13-14,17,25-26H,5-7,19H2,(H,30,31)(H,32,33)(H2,20,22,23)(H2,27,28,29)/t11-,13-,14-,17-/m1/s1. The second kappa shape index (κ2) is 12.3. The number of aliphatic hydroxyl groups excluding tert-OH is 2. The van der Waals surface area contributed by atoms with Crippen molar-refractivity contribution >= 4 is 57.9 Å². The van der Waals surface area contributed by atoms with Crippen molar-refractivity contribution < 1.29 is 61.4 Å². The lowest BCUT2D eigenvalue weighted by atomic mass is 10.1. The molecule has 226 valence electrons. The van der Waals surface area contributed by atoms with Crippen LogP contribution in [0.25, 0.3) is 11.2 Å². The molecule has 2 aromatic heterocycles. The normalized spacial score (nSPS) is 24.3. The van der Waals surface area contributed by atoms with Crippen molar-refractivity contribution in [1.82, 2.24) is 19.5 Å². The Morgan fingerprint density at radius 3 is 2.32 bits per heavy atom. The minimum atomic E-state index is -5.74. The lowest BCUT2D eigenvalue weighted by Gasteiger charge is -2.19. The van der Waals surface area contributed by atoms with E-state index in [1.165, 1.54) is 22.7 Å². The molecule has 41 heavy (non-hydrogen) atoms. The van der Waals surface area contributed by atoms with Crippen LogP contribution in [0.15, 0.2) is 35.7 Å². The Morgan fingerprint density at radius 2 is 1.66 bits per heavy atom. The summed E-state index contributed by atoms with van der Waals surface area (Å²) in [7, 11) is -16.8. The molecule has 19 nitrogen and oxygen atoms in total. The summed E-state index contributed by atoms with van der Waals surface area (Å²) in [5.74, 6) is 0.633. The van der Waals surface area contributed by atoms with Crippen molar-refractivity contribution in [3.63, 3.8) is 0 Å². The Hall–Kier alpha value is -1.99. The quantitative estimate of drug-likeness (QED) is 0.0561. The van der Waals surface area contributed by atoms with Gasteiger partial charge in [-0.3, -0.25) is 9.09 Å². The molecule has 0 amide bonds. The lowest BCUT2D eigenvalue weighted by molar-refractivity contribution is -0.0503. The first kappa shape index (κ1) is 31.9. The number of anilines is 2. The summed E-state index contributed by atoms with van der Waals surface area (Å²) >= 11 is 1.30. The van der Waals surface area contributed by atoms with Gasteiger partial charge < -0.3 is 46.0 Å².